The number of hydrogen-bond donors (Lipinski definition) is 20. The zero-order chi connectivity index (χ0) is 115. The second-order valence-corrected chi connectivity index (χ2v) is 40.6. The number of amides is 17. The molecule has 0 aliphatic carbocycles. The molecular weight excluding hydrogens is 1980 g/mol. The molecule has 0 heterocycles. The first-order valence-electron chi connectivity index (χ1n) is 49.7. The van der Waals surface area contributed by atoms with Gasteiger partial charge >= 0.3 is 41.8 Å². The van der Waals surface area contributed by atoms with Crippen molar-refractivity contribution in [1.29, 1.82) is 0 Å². The second-order valence-electron chi connectivity index (χ2n) is 39.5. The molecule has 0 aliphatic rings. The Kier molecular flexibility index (Phi) is 61.9. The zero-order valence-electron chi connectivity index (χ0n) is 89.9. The lowest BCUT2D eigenvalue weighted by Crippen LogP contribution is -2.61. The zero-order valence-corrected chi connectivity index (χ0v) is 90.8. The van der Waals surface area contributed by atoms with Gasteiger partial charge in [-0.05, 0) is 146 Å². The first kappa shape index (κ1) is 136. The van der Waals surface area contributed by atoms with E-state index in [-0.39, 0.29) is 67.4 Å². The molecule has 52 heteroatoms. The van der Waals surface area contributed by atoms with Crippen LogP contribution in [0.2, 0.25) is 0 Å². The van der Waals surface area contributed by atoms with Crippen molar-refractivity contribution in [1.82, 2.24) is 93.2 Å². The van der Waals surface area contributed by atoms with E-state index in [2.05, 4.69) is 63.8 Å². The Morgan fingerprint density at radius 2 is 0.671 bits per heavy atom. The number of thioether (sulfide) groups is 1. The fourth-order valence-corrected chi connectivity index (χ4v) is 16.6. The highest BCUT2D eigenvalue weighted by Gasteiger charge is 2.45. The minimum Gasteiger partial charge on any atom is -0.481 e. The Labute approximate surface area is 873 Å². The lowest BCUT2D eigenvalue weighted by molar-refractivity contribution is -0.157. The van der Waals surface area contributed by atoms with Crippen LogP contribution in [0, 0.1) is 41.4 Å². The number of carbonyl (C=O) groups is 25. The Hall–Kier alpha value is -13.0. The molecule has 20 N–H and O–H groups in total. The van der Waals surface area contributed by atoms with Gasteiger partial charge in [0.1, 0.15) is 96.7 Å². The van der Waals surface area contributed by atoms with Crippen LogP contribution >= 0.6 is 11.8 Å². The van der Waals surface area contributed by atoms with Crippen LogP contribution in [0.25, 0.3) is 0 Å². The fraction of sp³-hybridized carbons (Fsp3) is 0.722. The van der Waals surface area contributed by atoms with Gasteiger partial charge in [-0.2, -0.15) is 0 Å². The Bertz CT molecular complexity index is 4630. The summed E-state index contributed by atoms with van der Waals surface area (Å²) in [7, 11) is 9.39. The van der Waals surface area contributed by atoms with Crippen molar-refractivity contribution in [3.63, 3.8) is 0 Å². The minimum atomic E-state index is -2.12. The van der Waals surface area contributed by atoms with Crippen LogP contribution in [-0.4, -0.2) is 389 Å². The smallest absolute Gasteiger partial charge is 0.326 e. The van der Waals surface area contributed by atoms with Gasteiger partial charge in [0, 0.05) is 93.0 Å². The van der Waals surface area contributed by atoms with Gasteiger partial charge in [0.2, 0.25) is 106 Å². The largest absolute Gasteiger partial charge is 0.481 e. The molecule has 0 saturated carbocycles. The standard InChI is InChI=1S/C97H162N18O33S/c1-25-27-28-55(15)81(131)79(98-18)97(148)149-42-41-69(116)103-60(30-36-73(121)122)84(134)105-62(32-38-75(125)126)86(136)107-64(34-40-77(129)130)88(138)108-63(33-39-76(127)128)87(137)106-61(31-37-74(123)124)85(135)104-59(29-35-72(119)120)83(133)99-47-70(117)102-58(26-2)92(142)110(19)48-71(118)111(20)65(43-49(3)4)90(140)109-78(53(11)12)95(145)112(21)66(44-50(5)6)89(139)100-56(16)82(132)101-57(17)91(141)113(22)67(45-51(7)8)93(143)114(23)68(46-52(9)10)94(144)115(24)80(54(13)14)96(146)147/h25,27,49-68,78-81,98,131H,26,28-48H2,1-24H3,(H,99,133)(H,100,139)(H,101,132)(H,102,117)(H,103,116)(H,104,135)(H,105,134)(H,106,137)(H,107,136)(H,108,138)(H,109,140)(H,119,120)(H,121,122)(H,123,124)(H,125,126)(H,127,128)(H,129,130)(H,146,147)/b27-25+/t55?,56-,57+,58-,59+,60+,61+,62+,63+,64+,65-,66-,67-,68-,78-,79-,80-,81?/m0/s1. The molecule has 0 aromatic carbocycles. The molecule has 0 aliphatic heterocycles. The number of aliphatic hydroxyl groups is 1. The fourth-order valence-electron chi connectivity index (χ4n) is 15.7. The average molecular weight is 2140 g/mol. The number of carbonyl (C=O) groups excluding carboxylic acids is 18. The summed E-state index contributed by atoms with van der Waals surface area (Å²) in [5, 5.41) is 107. The molecule has 0 bridgehead atoms. The molecule has 0 rings (SSSR count). The van der Waals surface area contributed by atoms with Gasteiger partial charge in [-0.1, -0.05) is 121 Å². The molecule has 2 unspecified atom stereocenters. The maximum absolute atomic E-state index is 14.8. The van der Waals surface area contributed by atoms with Crippen molar-refractivity contribution < 1.29 is 161 Å². The van der Waals surface area contributed by atoms with E-state index in [0.29, 0.717) is 18.2 Å². The van der Waals surface area contributed by atoms with Gasteiger partial charge in [0.25, 0.3) is 0 Å². The molecule has 51 nitrogen and oxygen atoms in total. The third-order valence-corrected chi connectivity index (χ3v) is 25.3. The van der Waals surface area contributed by atoms with Crippen LogP contribution in [0.3, 0.4) is 0 Å². The summed E-state index contributed by atoms with van der Waals surface area (Å²) in [6.45, 7) is 26.8. The van der Waals surface area contributed by atoms with Crippen LogP contribution in [0.4, 0.5) is 0 Å². The van der Waals surface area contributed by atoms with E-state index in [1.165, 1.54) is 79.9 Å². The summed E-state index contributed by atoms with van der Waals surface area (Å²) >= 11 is 0.657. The van der Waals surface area contributed by atoms with Crippen molar-refractivity contribution >= 4 is 159 Å². The molecule has 844 valence electrons. The highest BCUT2D eigenvalue weighted by molar-refractivity contribution is 8.13. The summed E-state index contributed by atoms with van der Waals surface area (Å²) in [6.07, 6.45) is -7.82. The molecule has 0 fully saturated rings. The molecule has 0 aromatic heterocycles. The van der Waals surface area contributed by atoms with Gasteiger partial charge in [-0.15, -0.1) is 0 Å². The molecule has 17 amide bonds. The monoisotopic (exact) mass is 2140 g/mol. The van der Waals surface area contributed by atoms with Crippen LogP contribution in [0.5, 0.6) is 0 Å². The normalized spacial score (nSPS) is 15.0. The van der Waals surface area contributed by atoms with E-state index in [4.69, 9.17) is 0 Å². The van der Waals surface area contributed by atoms with Gasteiger partial charge in [-0.25, -0.2) is 4.79 Å². The molecule has 0 aromatic rings. The predicted molar refractivity (Wildman–Crippen MR) is 540 cm³/mol. The van der Waals surface area contributed by atoms with E-state index in [9.17, 15) is 161 Å². The quantitative estimate of drug-likeness (QED) is 0.0324. The predicted octanol–water partition coefficient (Wildman–Crippen LogP) is -1.04. The van der Waals surface area contributed by atoms with Crippen LogP contribution < -0.4 is 63.8 Å². The van der Waals surface area contributed by atoms with E-state index < -0.39 is 358 Å². The second kappa shape index (κ2) is 67.8. The van der Waals surface area contributed by atoms with Crippen molar-refractivity contribution in [3.05, 3.63) is 12.2 Å². The molecule has 0 spiro atoms. The number of nitrogens with zero attached hydrogens (tertiary/aromatic N) is 6. The number of carboxylic acids is 7. The molecule has 149 heavy (non-hydrogen) atoms. The Morgan fingerprint density at radius 1 is 0.336 bits per heavy atom. The van der Waals surface area contributed by atoms with Crippen molar-refractivity contribution in [2.45, 2.75) is 342 Å². The van der Waals surface area contributed by atoms with E-state index >= 15 is 0 Å². The first-order valence-corrected chi connectivity index (χ1v) is 50.7. The molecule has 0 saturated heterocycles. The Balaban J connectivity index is 6.94. The lowest BCUT2D eigenvalue weighted by Gasteiger charge is -2.39. The van der Waals surface area contributed by atoms with Crippen LogP contribution in [0.1, 0.15) is 240 Å². The Morgan fingerprint density at radius 3 is 1.02 bits per heavy atom. The number of hydrogen-bond acceptors (Lipinski definition) is 28. The average Bonchev–Trinajstić information content (AvgIpc) is 0.808. The van der Waals surface area contributed by atoms with Crippen LogP contribution in [-0.2, 0) is 120 Å². The summed E-state index contributed by atoms with van der Waals surface area (Å²) in [5.41, 5.74) is 0. The number of rotatable bonds is 72. The van der Waals surface area contributed by atoms with E-state index in [1.54, 1.807) is 81.4 Å². The maximum Gasteiger partial charge on any atom is 0.326 e. The first-order chi connectivity index (χ1) is 69.1. The molecule has 18 atom stereocenters. The topological polar surface area (TPSA) is 752 Å². The number of allylic oxidation sites excluding steroid dienone is 2. The summed E-state index contributed by atoms with van der Waals surface area (Å²) in [4.78, 5) is 345. The maximum atomic E-state index is 14.8. The van der Waals surface area contributed by atoms with E-state index in [1.807, 2.05) is 27.7 Å². The van der Waals surface area contributed by atoms with Gasteiger partial charge in [0.05, 0.1) is 19.2 Å². The number of aliphatic hydroxyl groups excluding tert-OH is 1. The van der Waals surface area contributed by atoms with Crippen molar-refractivity contribution in [2.75, 3.05) is 68.2 Å². The third-order valence-electron chi connectivity index (χ3n) is 24.3. The highest BCUT2D eigenvalue weighted by atomic mass is 32.2. The number of nitrogens with one attached hydrogen (secondary N) is 12. The number of aliphatic carboxylic acids is 7. The molecular formula is C97H162N18O33S. The van der Waals surface area contributed by atoms with Crippen molar-refractivity contribution in [2.24, 2.45) is 41.4 Å². The van der Waals surface area contributed by atoms with Gasteiger partial charge in [-0.3, -0.25) is 115 Å². The highest BCUT2D eigenvalue weighted by Crippen LogP contribution is 2.26. The SMILES string of the molecule is C/C=C/CC(C)C(O)[C@H](NC)C(=O)SCCC(=O)N[C@H](CCC(=O)O)C(=O)N[C@H](CCC(=O)O)C(=O)N[C@H](CCC(=O)O)C(=O)N[C@H](CCC(=O)O)C(=O)N[C@H](CCC(=O)O)C(=O)N[C@H](CCC(=O)O)C(=O)NCC(=O)N[C@@H](CC)C(=O)N(C)CC(=O)N(C)[C@@H](CC(C)C)C(=O)N[C@H](C(=O)N(C)[C@@H](CC(C)C)C(=O)N[C@@H](C)C(=O)N[C@H](C)C(=O)N(C)[C@@H](CC(C)C)C(=O)N(C)[C@@H](CC(C)C)C(=O)N(C)[C@H](C(=O)O)C(C)C)C(C)C. The number of carboxylic acid groups (broad SMARTS) is 7. The van der Waals surface area contributed by atoms with Gasteiger partial charge in [0.15, 0.2) is 0 Å². The van der Waals surface area contributed by atoms with Crippen molar-refractivity contribution in [3.8, 4) is 0 Å². The van der Waals surface area contributed by atoms with Crippen LogP contribution in [0.15, 0.2) is 12.2 Å². The number of likely N-dealkylation sites (N-methyl/N-ethyl adjacent to an activating group) is 7. The molecule has 0 radical (unpaired) electrons. The third kappa shape index (κ3) is 49.3. The minimum absolute atomic E-state index is 0.0104. The summed E-state index contributed by atoms with van der Waals surface area (Å²) < 4.78 is 0. The summed E-state index contributed by atoms with van der Waals surface area (Å²) in [6, 6.07) is -24.7. The summed E-state index contributed by atoms with van der Waals surface area (Å²) in [5.74, 6) is -30.5. The van der Waals surface area contributed by atoms with Gasteiger partial charge < -0.3 is 134 Å². The lowest BCUT2D eigenvalue weighted by atomic mass is 9.95. The van der Waals surface area contributed by atoms with E-state index in [0.717, 1.165) is 19.6 Å².